The molecule has 1 aliphatic heterocycles. The molecule has 5 nitrogen and oxygen atoms in total. The van der Waals surface area contributed by atoms with Gasteiger partial charge in [0.05, 0.1) is 11.7 Å². The van der Waals surface area contributed by atoms with Gasteiger partial charge < -0.3 is 4.74 Å². The van der Waals surface area contributed by atoms with E-state index in [2.05, 4.69) is 4.98 Å². The van der Waals surface area contributed by atoms with Gasteiger partial charge in [-0.1, -0.05) is 24.4 Å². The van der Waals surface area contributed by atoms with E-state index in [0.29, 0.717) is 18.7 Å². The zero-order chi connectivity index (χ0) is 15.0. The Kier molecular flexibility index (Phi) is 4.22. The summed E-state index contributed by atoms with van der Waals surface area (Å²) in [6, 6.07) is 0. The number of halogens is 1. The van der Waals surface area contributed by atoms with Crippen molar-refractivity contribution in [1.82, 2.24) is 9.55 Å². The topological polar surface area (TPSA) is 64.1 Å². The number of nitrogens with one attached hydrogen (secondary N) is 1. The van der Waals surface area contributed by atoms with E-state index in [0.717, 1.165) is 32.1 Å². The molecule has 2 fully saturated rings. The summed E-state index contributed by atoms with van der Waals surface area (Å²) in [6.07, 6.45) is 5.16. The molecule has 2 atom stereocenters. The molecule has 0 bridgehead atoms. The zero-order valence-corrected chi connectivity index (χ0v) is 13.0. The summed E-state index contributed by atoms with van der Waals surface area (Å²) in [5, 5.41) is 0.226. The fourth-order valence-electron chi connectivity index (χ4n) is 3.54. The first kappa shape index (κ1) is 14.9. The van der Waals surface area contributed by atoms with Crippen molar-refractivity contribution in [2.24, 2.45) is 5.92 Å². The highest BCUT2D eigenvalue weighted by Crippen LogP contribution is 2.34. The third-order valence-corrected chi connectivity index (χ3v) is 5.19. The lowest BCUT2D eigenvalue weighted by Gasteiger charge is -2.17. The highest BCUT2D eigenvalue weighted by molar-refractivity contribution is 6.30. The molecule has 0 spiro atoms. The SMILES string of the molecule is CC1OCCC1Cn1c(=O)[nH]c(Cl)c(C2CCCC2)c1=O. The maximum absolute atomic E-state index is 12.7. The molecule has 2 heterocycles. The van der Waals surface area contributed by atoms with Crippen molar-refractivity contribution in [3.8, 4) is 0 Å². The molecule has 0 aromatic carbocycles. The van der Waals surface area contributed by atoms with E-state index in [1.165, 1.54) is 4.57 Å². The molecule has 2 aliphatic rings. The van der Waals surface area contributed by atoms with Crippen LogP contribution in [0.4, 0.5) is 0 Å². The van der Waals surface area contributed by atoms with Gasteiger partial charge in [0.25, 0.3) is 5.56 Å². The first-order chi connectivity index (χ1) is 10.1. The minimum Gasteiger partial charge on any atom is -0.378 e. The zero-order valence-electron chi connectivity index (χ0n) is 12.2. The second kappa shape index (κ2) is 5.97. The molecule has 3 rings (SSSR count). The number of hydrogen-bond donors (Lipinski definition) is 1. The largest absolute Gasteiger partial charge is 0.378 e. The maximum atomic E-state index is 12.7. The summed E-state index contributed by atoms with van der Waals surface area (Å²) in [6.45, 7) is 3.10. The Morgan fingerprint density at radius 1 is 1.29 bits per heavy atom. The number of rotatable bonds is 3. The summed E-state index contributed by atoms with van der Waals surface area (Å²) in [4.78, 5) is 27.5. The second-order valence-electron chi connectivity index (χ2n) is 6.18. The van der Waals surface area contributed by atoms with Crippen molar-refractivity contribution in [2.45, 2.75) is 57.6 Å². The van der Waals surface area contributed by atoms with Gasteiger partial charge in [-0.25, -0.2) is 4.79 Å². The van der Waals surface area contributed by atoms with Crippen molar-refractivity contribution in [2.75, 3.05) is 6.61 Å². The molecule has 1 aromatic heterocycles. The van der Waals surface area contributed by atoms with Gasteiger partial charge in [-0.05, 0) is 32.1 Å². The van der Waals surface area contributed by atoms with Crippen LogP contribution in [0.1, 0.15) is 50.5 Å². The fourth-order valence-corrected chi connectivity index (χ4v) is 3.86. The lowest BCUT2D eigenvalue weighted by Crippen LogP contribution is -2.40. The molecule has 0 amide bonds. The van der Waals surface area contributed by atoms with E-state index in [4.69, 9.17) is 16.3 Å². The number of aromatic nitrogens is 2. The van der Waals surface area contributed by atoms with Gasteiger partial charge in [0.1, 0.15) is 5.15 Å². The summed E-state index contributed by atoms with van der Waals surface area (Å²) >= 11 is 6.14. The van der Waals surface area contributed by atoms with Crippen LogP contribution in [0.15, 0.2) is 9.59 Å². The molecule has 1 aliphatic carbocycles. The molecule has 21 heavy (non-hydrogen) atoms. The molecular formula is C15H21ClN2O3. The van der Waals surface area contributed by atoms with E-state index in [9.17, 15) is 9.59 Å². The number of ether oxygens (including phenoxy) is 1. The van der Waals surface area contributed by atoms with Crippen LogP contribution in [0, 0.1) is 5.92 Å². The average Bonchev–Trinajstić information content (AvgIpc) is 3.07. The van der Waals surface area contributed by atoms with Gasteiger partial charge >= 0.3 is 5.69 Å². The Labute approximate surface area is 128 Å². The van der Waals surface area contributed by atoms with Crippen LogP contribution in [0.3, 0.4) is 0 Å². The Bertz CT molecular complexity index is 631. The van der Waals surface area contributed by atoms with Crippen molar-refractivity contribution >= 4 is 11.6 Å². The summed E-state index contributed by atoms with van der Waals surface area (Å²) in [7, 11) is 0. The monoisotopic (exact) mass is 312 g/mol. The van der Waals surface area contributed by atoms with Crippen molar-refractivity contribution in [3.05, 3.63) is 31.6 Å². The fraction of sp³-hybridized carbons (Fsp3) is 0.733. The van der Waals surface area contributed by atoms with E-state index in [1.807, 2.05) is 6.92 Å². The Hall–Kier alpha value is -1.07. The van der Waals surface area contributed by atoms with Gasteiger partial charge in [-0.15, -0.1) is 0 Å². The smallest absolute Gasteiger partial charge is 0.329 e. The Morgan fingerprint density at radius 2 is 2.00 bits per heavy atom. The third-order valence-electron chi connectivity index (χ3n) is 4.89. The van der Waals surface area contributed by atoms with Crippen LogP contribution < -0.4 is 11.2 Å². The number of aromatic amines is 1. The van der Waals surface area contributed by atoms with E-state index >= 15 is 0 Å². The lowest BCUT2D eigenvalue weighted by molar-refractivity contribution is 0.101. The van der Waals surface area contributed by atoms with Gasteiger partial charge in [0.2, 0.25) is 0 Å². The Morgan fingerprint density at radius 3 is 2.62 bits per heavy atom. The molecule has 1 saturated heterocycles. The summed E-state index contributed by atoms with van der Waals surface area (Å²) in [5.74, 6) is 0.395. The van der Waals surface area contributed by atoms with Gasteiger partial charge in [0.15, 0.2) is 0 Å². The van der Waals surface area contributed by atoms with Crippen molar-refractivity contribution in [1.29, 1.82) is 0 Å². The molecule has 1 aromatic rings. The van der Waals surface area contributed by atoms with Crippen LogP contribution in [0.5, 0.6) is 0 Å². The molecule has 116 valence electrons. The van der Waals surface area contributed by atoms with Crippen LogP contribution in [-0.4, -0.2) is 22.3 Å². The normalized spacial score (nSPS) is 26.6. The molecular weight excluding hydrogens is 292 g/mol. The van der Waals surface area contributed by atoms with Gasteiger partial charge in [0, 0.05) is 19.1 Å². The quantitative estimate of drug-likeness (QED) is 0.871. The van der Waals surface area contributed by atoms with Crippen molar-refractivity contribution < 1.29 is 4.74 Å². The molecule has 2 unspecified atom stereocenters. The number of hydrogen-bond acceptors (Lipinski definition) is 3. The van der Waals surface area contributed by atoms with Crippen LogP contribution in [0.2, 0.25) is 5.15 Å². The maximum Gasteiger partial charge on any atom is 0.329 e. The number of nitrogens with zero attached hydrogens (tertiary/aromatic N) is 1. The standard InChI is InChI=1S/C15H21ClN2O3/c1-9-11(6-7-21-9)8-18-14(19)12(10-4-2-3-5-10)13(16)17-15(18)20/h9-11H,2-8H2,1H3,(H,17,20). The average molecular weight is 313 g/mol. The molecule has 1 N–H and O–H groups in total. The van der Waals surface area contributed by atoms with Crippen LogP contribution in [-0.2, 0) is 11.3 Å². The summed E-state index contributed by atoms with van der Waals surface area (Å²) in [5.41, 5.74) is -0.0269. The Balaban J connectivity index is 1.98. The van der Waals surface area contributed by atoms with Crippen LogP contribution in [0.25, 0.3) is 0 Å². The van der Waals surface area contributed by atoms with E-state index in [1.54, 1.807) is 0 Å². The second-order valence-corrected chi connectivity index (χ2v) is 6.56. The molecule has 6 heteroatoms. The van der Waals surface area contributed by atoms with E-state index in [-0.39, 0.29) is 28.7 Å². The highest BCUT2D eigenvalue weighted by Gasteiger charge is 2.28. The predicted molar refractivity (Wildman–Crippen MR) is 81.1 cm³/mol. The van der Waals surface area contributed by atoms with Crippen LogP contribution >= 0.6 is 11.6 Å². The van der Waals surface area contributed by atoms with E-state index < -0.39 is 5.69 Å². The first-order valence-electron chi connectivity index (χ1n) is 7.72. The van der Waals surface area contributed by atoms with Gasteiger partial charge in [-0.3, -0.25) is 14.3 Å². The summed E-state index contributed by atoms with van der Waals surface area (Å²) < 4.78 is 6.83. The predicted octanol–water partition coefficient (Wildman–Crippen LogP) is 2.27. The third kappa shape index (κ3) is 2.81. The molecule has 0 radical (unpaired) electrons. The van der Waals surface area contributed by atoms with Gasteiger partial charge in [-0.2, -0.15) is 0 Å². The lowest BCUT2D eigenvalue weighted by atomic mass is 9.99. The highest BCUT2D eigenvalue weighted by atomic mass is 35.5. The first-order valence-corrected chi connectivity index (χ1v) is 8.10. The minimum absolute atomic E-state index is 0.0851. The molecule has 1 saturated carbocycles. The van der Waals surface area contributed by atoms with Crippen molar-refractivity contribution in [3.63, 3.8) is 0 Å². The minimum atomic E-state index is -0.411. The number of H-pyrrole nitrogens is 1.